The molecular formula is C20H19N5OS3. The molecule has 1 aromatic carbocycles. The second-order valence-electron chi connectivity index (χ2n) is 6.68. The van der Waals surface area contributed by atoms with E-state index in [2.05, 4.69) is 26.9 Å². The lowest BCUT2D eigenvalue weighted by Crippen LogP contribution is -2.13. The van der Waals surface area contributed by atoms with Gasteiger partial charge in [-0.05, 0) is 49.8 Å². The van der Waals surface area contributed by atoms with Crippen LogP contribution in [0.3, 0.4) is 0 Å². The van der Waals surface area contributed by atoms with Crippen LogP contribution in [0.2, 0.25) is 0 Å². The number of amides is 1. The van der Waals surface area contributed by atoms with E-state index < -0.39 is 0 Å². The summed E-state index contributed by atoms with van der Waals surface area (Å²) in [4.78, 5) is 13.7. The number of aryl methyl sites for hydroxylation is 2. The molecule has 148 valence electrons. The monoisotopic (exact) mass is 441 g/mol. The molecule has 0 saturated heterocycles. The maximum Gasteiger partial charge on any atom is 0.235 e. The predicted molar refractivity (Wildman–Crippen MR) is 119 cm³/mol. The van der Waals surface area contributed by atoms with Crippen LogP contribution in [0.4, 0.5) is 15.8 Å². The zero-order chi connectivity index (χ0) is 20.2. The quantitative estimate of drug-likeness (QED) is 0.515. The Kier molecular flexibility index (Phi) is 6.13. The van der Waals surface area contributed by atoms with Crippen LogP contribution in [0, 0.1) is 18.3 Å². The number of hydrogen-bond donors (Lipinski definition) is 2. The van der Waals surface area contributed by atoms with Crippen molar-refractivity contribution < 1.29 is 4.79 Å². The zero-order valence-corrected chi connectivity index (χ0v) is 18.3. The van der Waals surface area contributed by atoms with Gasteiger partial charge < -0.3 is 10.6 Å². The number of nitrogens with one attached hydrogen (secondary N) is 2. The van der Waals surface area contributed by atoms with E-state index in [0.717, 1.165) is 46.8 Å². The molecule has 0 aliphatic heterocycles. The van der Waals surface area contributed by atoms with Gasteiger partial charge in [0.1, 0.15) is 11.1 Å². The highest BCUT2D eigenvalue weighted by Crippen LogP contribution is 2.38. The van der Waals surface area contributed by atoms with Crippen molar-refractivity contribution in [1.29, 1.82) is 5.26 Å². The Hall–Kier alpha value is -2.41. The minimum atomic E-state index is -0.131. The number of rotatable bonds is 6. The lowest BCUT2D eigenvalue weighted by atomic mass is 9.96. The molecule has 9 heteroatoms. The highest BCUT2D eigenvalue weighted by molar-refractivity contribution is 8.01. The van der Waals surface area contributed by atoms with Crippen molar-refractivity contribution in [3.05, 3.63) is 45.8 Å². The molecule has 0 bridgehead atoms. The van der Waals surface area contributed by atoms with Crippen molar-refractivity contribution in [2.75, 3.05) is 16.4 Å². The van der Waals surface area contributed by atoms with E-state index in [1.54, 1.807) is 11.3 Å². The van der Waals surface area contributed by atoms with E-state index in [1.807, 2.05) is 31.2 Å². The number of aromatic nitrogens is 2. The fourth-order valence-electron chi connectivity index (χ4n) is 3.21. The molecule has 6 nitrogen and oxygen atoms in total. The maximum absolute atomic E-state index is 12.4. The summed E-state index contributed by atoms with van der Waals surface area (Å²) in [5.74, 6) is 0.0978. The topological polar surface area (TPSA) is 90.7 Å². The molecule has 0 fully saturated rings. The maximum atomic E-state index is 12.4. The SMILES string of the molecule is Cc1ccccc1Nc1nnc(SCC(=O)Nc2sc3c(c2C#N)CCCC3)s1. The molecule has 0 unspecified atom stereocenters. The Bertz CT molecular complexity index is 1080. The molecule has 4 rings (SSSR count). The van der Waals surface area contributed by atoms with Crippen molar-refractivity contribution in [2.45, 2.75) is 36.9 Å². The summed E-state index contributed by atoms with van der Waals surface area (Å²) in [5.41, 5.74) is 3.89. The van der Waals surface area contributed by atoms with E-state index in [-0.39, 0.29) is 11.7 Å². The van der Waals surface area contributed by atoms with Crippen molar-refractivity contribution in [3.63, 3.8) is 0 Å². The highest BCUT2D eigenvalue weighted by Gasteiger charge is 2.22. The number of hydrogen-bond acceptors (Lipinski definition) is 8. The van der Waals surface area contributed by atoms with Gasteiger partial charge in [0.2, 0.25) is 11.0 Å². The third-order valence-corrected chi connectivity index (χ3v) is 7.84. The van der Waals surface area contributed by atoms with E-state index in [4.69, 9.17) is 0 Å². The Morgan fingerprint density at radius 2 is 2.07 bits per heavy atom. The predicted octanol–water partition coefficient (Wildman–Crippen LogP) is 5.13. The van der Waals surface area contributed by atoms with Gasteiger partial charge in [-0.3, -0.25) is 4.79 Å². The first kappa shape index (κ1) is 19.9. The largest absolute Gasteiger partial charge is 0.330 e. The smallest absolute Gasteiger partial charge is 0.235 e. The van der Waals surface area contributed by atoms with Crippen molar-refractivity contribution >= 4 is 56.2 Å². The van der Waals surface area contributed by atoms with E-state index in [9.17, 15) is 10.1 Å². The van der Waals surface area contributed by atoms with Crippen molar-refractivity contribution in [2.24, 2.45) is 0 Å². The first-order valence-corrected chi connectivity index (χ1v) is 11.9. The van der Waals surface area contributed by atoms with Crippen LogP contribution in [0.5, 0.6) is 0 Å². The van der Waals surface area contributed by atoms with Gasteiger partial charge in [-0.25, -0.2) is 0 Å². The van der Waals surface area contributed by atoms with E-state index in [1.165, 1.54) is 28.0 Å². The number of thioether (sulfide) groups is 1. The normalized spacial score (nSPS) is 12.8. The van der Waals surface area contributed by atoms with Gasteiger partial charge in [0.15, 0.2) is 4.34 Å². The summed E-state index contributed by atoms with van der Waals surface area (Å²) in [6.07, 6.45) is 4.19. The molecule has 29 heavy (non-hydrogen) atoms. The van der Waals surface area contributed by atoms with Crippen LogP contribution in [0.1, 0.15) is 34.4 Å². The van der Waals surface area contributed by atoms with Gasteiger partial charge in [-0.1, -0.05) is 41.3 Å². The molecule has 1 aliphatic carbocycles. The van der Waals surface area contributed by atoms with Gasteiger partial charge in [0, 0.05) is 10.6 Å². The van der Waals surface area contributed by atoms with Crippen LogP contribution >= 0.6 is 34.4 Å². The van der Waals surface area contributed by atoms with Gasteiger partial charge in [-0.15, -0.1) is 21.5 Å². The molecule has 0 saturated carbocycles. The number of nitriles is 1. The lowest BCUT2D eigenvalue weighted by molar-refractivity contribution is -0.113. The summed E-state index contributed by atoms with van der Waals surface area (Å²) >= 11 is 4.30. The number of carbonyl (C=O) groups is 1. The second-order valence-corrected chi connectivity index (χ2v) is 9.98. The highest BCUT2D eigenvalue weighted by atomic mass is 32.2. The molecule has 2 aromatic heterocycles. The summed E-state index contributed by atoms with van der Waals surface area (Å²) in [5, 5.41) is 25.4. The van der Waals surface area contributed by atoms with Crippen molar-refractivity contribution in [1.82, 2.24) is 10.2 Å². The number of thiophene rings is 1. The van der Waals surface area contributed by atoms with E-state index in [0.29, 0.717) is 15.7 Å². The first-order chi connectivity index (χ1) is 14.1. The number of fused-ring (bicyclic) bond motifs is 1. The Morgan fingerprint density at radius 3 is 2.90 bits per heavy atom. The van der Waals surface area contributed by atoms with Gasteiger partial charge >= 0.3 is 0 Å². The third kappa shape index (κ3) is 4.61. The summed E-state index contributed by atoms with van der Waals surface area (Å²) in [7, 11) is 0. The van der Waals surface area contributed by atoms with Crippen LogP contribution in [0.25, 0.3) is 0 Å². The van der Waals surface area contributed by atoms with Crippen molar-refractivity contribution in [3.8, 4) is 6.07 Å². The van der Waals surface area contributed by atoms with Gasteiger partial charge in [0.05, 0.1) is 11.3 Å². The van der Waals surface area contributed by atoms with Crippen LogP contribution in [0.15, 0.2) is 28.6 Å². The molecule has 0 atom stereocenters. The standard InChI is InChI=1S/C20H19N5OS3/c1-12-6-2-4-8-15(12)22-19-24-25-20(29-19)27-11-17(26)23-18-14(10-21)13-7-3-5-9-16(13)28-18/h2,4,6,8H,3,5,7,9,11H2,1H3,(H,22,24)(H,23,26). The number of carbonyl (C=O) groups excluding carboxylic acids is 1. The fraction of sp³-hybridized carbons (Fsp3) is 0.300. The molecule has 0 spiro atoms. The van der Waals surface area contributed by atoms with E-state index >= 15 is 0 Å². The molecule has 2 N–H and O–H groups in total. The number of para-hydroxylation sites is 1. The summed E-state index contributed by atoms with van der Waals surface area (Å²) in [6.45, 7) is 2.03. The lowest BCUT2D eigenvalue weighted by Gasteiger charge is -2.09. The number of nitrogens with zero attached hydrogens (tertiary/aromatic N) is 3. The minimum absolute atomic E-state index is 0.131. The molecular weight excluding hydrogens is 422 g/mol. The average molecular weight is 442 g/mol. The number of benzene rings is 1. The number of anilines is 3. The molecule has 1 aliphatic rings. The second kappa shape index (κ2) is 8.95. The van der Waals surface area contributed by atoms with Crippen LogP contribution in [-0.4, -0.2) is 21.9 Å². The van der Waals surface area contributed by atoms with Gasteiger partial charge in [0.25, 0.3) is 0 Å². The molecule has 2 heterocycles. The molecule has 1 amide bonds. The summed E-state index contributed by atoms with van der Waals surface area (Å²) < 4.78 is 0.724. The third-order valence-electron chi connectivity index (χ3n) is 4.66. The average Bonchev–Trinajstić information content (AvgIpc) is 3.31. The molecule has 0 radical (unpaired) electrons. The van der Waals surface area contributed by atoms with Crippen LogP contribution < -0.4 is 10.6 Å². The Labute approximate surface area is 181 Å². The van der Waals surface area contributed by atoms with Gasteiger partial charge in [-0.2, -0.15) is 5.26 Å². The Balaban J connectivity index is 1.35. The Morgan fingerprint density at radius 1 is 1.24 bits per heavy atom. The van der Waals surface area contributed by atoms with Crippen LogP contribution in [-0.2, 0) is 17.6 Å². The minimum Gasteiger partial charge on any atom is -0.330 e. The fourth-order valence-corrected chi connectivity index (χ4v) is 6.03. The summed E-state index contributed by atoms with van der Waals surface area (Å²) in [6, 6.07) is 10.2. The first-order valence-electron chi connectivity index (χ1n) is 9.27. The molecule has 3 aromatic rings. The zero-order valence-electron chi connectivity index (χ0n) is 15.8.